The fraction of sp³-hybridized carbons (Fsp3) is 0.727. The molecule has 4 atom stereocenters. The van der Waals surface area contributed by atoms with E-state index in [9.17, 15) is 4.79 Å². The molecule has 0 spiro atoms. The van der Waals surface area contributed by atoms with Crippen LogP contribution in [0.15, 0.2) is 11.6 Å². The van der Waals surface area contributed by atoms with E-state index in [-0.39, 0.29) is 17.9 Å². The molecule has 4 heteroatoms. The summed E-state index contributed by atoms with van der Waals surface area (Å²) in [6.45, 7) is 3.89. The molecule has 2 rings (SSSR count). The SMILES string of the molecule is C=C(Cl)CNC(=O)C1C2CCC(C2)C1N. The maximum Gasteiger partial charge on any atom is 0.225 e. The number of hydrogen-bond acceptors (Lipinski definition) is 2. The highest BCUT2D eigenvalue weighted by atomic mass is 35.5. The molecule has 0 aromatic carbocycles. The van der Waals surface area contributed by atoms with Crippen molar-refractivity contribution in [2.45, 2.75) is 25.3 Å². The number of rotatable bonds is 3. The minimum atomic E-state index is -0.000216. The highest BCUT2D eigenvalue weighted by molar-refractivity contribution is 6.29. The first kappa shape index (κ1) is 11.0. The fourth-order valence-corrected chi connectivity index (χ4v) is 3.09. The van der Waals surface area contributed by atoms with Gasteiger partial charge in [0.15, 0.2) is 0 Å². The summed E-state index contributed by atoms with van der Waals surface area (Å²) in [5.41, 5.74) is 6.06. The van der Waals surface area contributed by atoms with Crippen LogP contribution in [0, 0.1) is 17.8 Å². The molecule has 84 valence electrons. The zero-order valence-corrected chi connectivity index (χ0v) is 9.46. The molecule has 3 nitrogen and oxygen atoms in total. The third-order valence-electron chi connectivity index (χ3n) is 3.74. The molecule has 3 N–H and O–H groups in total. The maximum absolute atomic E-state index is 11.9. The maximum atomic E-state index is 11.9. The molecule has 15 heavy (non-hydrogen) atoms. The number of nitrogens with two attached hydrogens (primary N) is 1. The first-order valence-electron chi connectivity index (χ1n) is 5.46. The summed E-state index contributed by atoms with van der Waals surface area (Å²) < 4.78 is 0. The minimum Gasteiger partial charge on any atom is -0.351 e. The van der Waals surface area contributed by atoms with Crippen molar-refractivity contribution in [3.8, 4) is 0 Å². The van der Waals surface area contributed by atoms with Crippen LogP contribution in [-0.4, -0.2) is 18.5 Å². The third-order valence-corrected chi connectivity index (χ3v) is 3.87. The molecule has 4 unspecified atom stereocenters. The van der Waals surface area contributed by atoms with Gasteiger partial charge in [0, 0.05) is 11.1 Å². The Hall–Kier alpha value is -0.540. The normalized spacial score (nSPS) is 38.0. The number of carbonyl (C=O) groups excluding carboxylic acids is 1. The number of halogens is 1. The monoisotopic (exact) mass is 228 g/mol. The van der Waals surface area contributed by atoms with Gasteiger partial charge in [-0.1, -0.05) is 18.2 Å². The molecule has 0 saturated heterocycles. The van der Waals surface area contributed by atoms with Crippen molar-refractivity contribution in [1.29, 1.82) is 0 Å². The first-order chi connectivity index (χ1) is 7.09. The Morgan fingerprint density at radius 1 is 1.47 bits per heavy atom. The average molecular weight is 229 g/mol. The molecular formula is C11H17ClN2O. The molecular weight excluding hydrogens is 212 g/mol. The van der Waals surface area contributed by atoms with Gasteiger partial charge >= 0.3 is 0 Å². The quantitative estimate of drug-likeness (QED) is 0.764. The van der Waals surface area contributed by atoms with Gasteiger partial charge < -0.3 is 11.1 Å². The van der Waals surface area contributed by atoms with Crippen molar-refractivity contribution in [3.05, 3.63) is 11.6 Å². The van der Waals surface area contributed by atoms with Crippen molar-refractivity contribution >= 4 is 17.5 Å². The molecule has 0 radical (unpaired) electrons. The van der Waals surface area contributed by atoms with E-state index in [0.717, 1.165) is 12.8 Å². The van der Waals surface area contributed by atoms with Crippen molar-refractivity contribution in [2.24, 2.45) is 23.5 Å². The summed E-state index contributed by atoms with van der Waals surface area (Å²) >= 11 is 5.60. The molecule has 2 bridgehead atoms. The van der Waals surface area contributed by atoms with E-state index >= 15 is 0 Å². The van der Waals surface area contributed by atoms with E-state index in [4.69, 9.17) is 17.3 Å². The van der Waals surface area contributed by atoms with Crippen molar-refractivity contribution in [3.63, 3.8) is 0 Å². The standard InChI is InChI=1S/C11H17ClN2O/c1-6(12)5-14-11(15)9-7-2-3-8(4-7)10(9)13/h7-10H,1-5,13H2,(H,14,15). The number of nitrogens with one attached hydrogen (secondary N) is 1. The Morgan fingerprint density at radius 2 is 2.13 bits per heavy atom. The van der Waals surface area contributed by atoms with Crippen LogP contribution in [-0.2, 0) is 4.79 Å². The summed E-state index contributed by atoms with van der Waals surface area (Å²) in [6, 6.07) is 0.0485. The Bertz CT molecular complexity index is 290. The second-order valence-electron chi connectivity index (χ2n) is 4.67. The van der Waals surface area contributed by atoms with Gasteiger partial charge in [0.1, 0.15) is 0 Å². The van der Waals surface area contributed by atoms with Crippen LogP contribution >= 0.6 is 11.6 Å². The van der Waals surface area contributed by atoms with Crippen LogP contribution < -0.4 is 11.1 Å². The van der Waals surface area contributed by atoms with Gasteiger partial charge in [-0.25, -0.2) is 0 Å². The molecule has 2 fully saturated rings. The van der Waals surface area contributed by atoms with Gasteiger partial charge in [0.25, 0.3) is 0 Å². The first-order valence-corrected chi connectivity index (χ1v) is 5.84. The summed E-state index contributed by atoms with van der Waals surface area (Å²) in [5.74, 6) is 1.11. The van der Waals surface area contributed by atoms with Gasteiger partial charge in [-0.2, -0.15) is 0 Å². The smallest absolute Gasteiger partial charge is 0.225 e. The van der Waals surface area contributed by atoms with E-state index < -0.39 is 0 Å². The Kier molecular flexibility index (Phi) is 3.03. The number of hydrogen-bond donors (Lipinski definition) is 2. The Balaban J connectivity index is 1.93. The van der Waals surface area contributed by atoms with Crippen molar-refractivity contribution in [2.75, 3.05) is 6.54 Å². The van der Waals surface area contributed by atoms with Crippen LogP contribution in [0.2, 0.25) is 0 Å². The summed E-state index contributed by atoms with van der Waals surface area (Å²) in [5, 5.41) is 3.25. The molecule has 1 amide bonds. The lowest BCUT2D eigenvalue weighted by molar-refractivity contribution is -0.126. The number of carbonyl (C=O) groups is 1. The van der Waals surface area contributed by atoms with E-state index in [1.807, 2.05) is 0 Å². The van der Waals surface area contributed by atoms with Gasteiger partial charge in [0.05, 0.1) is 12.5 Å². The second kappa shape index (κ2) is 4.14. The summed E-state index contributed by atoms with van der Waals surface area (Å²) in [6.07, 6.45) is 3.47. The molecule has 0 aliphatic heterocycles. The zero-order valence-electron chi connectivity index (χ0n) is 8.71. The third kappa shape index (κ3) is 2.04. The van der Waals surface area contributed by atoms with Crippen LogP contribution in [0.1, 0.15) is 19.3 Å². The molecule has 2 aliphatic rings. The topological polar surface area (TPSA) is 55.1 Å². The van der Waals surface area contributed by atoms with Crippen LogP contribution in [0.4, 0.5) is 0 Å². The lowest BCUT2D eigenvalue weighted by atomic mass is 9.84. The highest BCUT2D eigenvalue weighted by Gasteiger charge is 2.48. The number of amides is 1. The van der Waals surface area contributed by atoms with Gasteiger partial charge in [-0.15, -0.1) is 0 Å². The van der Waals surface area contributed by atoms with Crippen molar-refractivity contribution in [1.82, 2.24) is 5.32 Å². The van der Waals surface area contributed by atoms with Gasteiger partial charge in [-0.3, -0.25) is 4.79 Å². The Morgan fingerprint density at radius 3 is 2.67 bits per heavy atom. The van der Waals surface area contributed by atoms with Gasteiger partial charge in [0.2, 0.25) is 5.91 Å². The summed E-state index contributed by atoms with van der Waals surface area (Å²) in [7, 11) is 0. The largest absolute Gasteiger partial charge is 0.351 e. The Labute approximate surface area is 95.0 Å². The predicted octanol–water partition coefficient (Wildman–Crippen LogP) is 1.23. The molecule has 0 aromatic rings. The van der Waals surface area contributed by atoms with Crippen molar-refractivity contribution < 1.29 is 4.79 Å². The van der Waals surface area contributed by atoms with Gasteiger partial charge in [-0.05, 0) is 31.1 Å². The summed E-state index contributed by atoms with van der Waals surface area (Å²) in [4.78, 5) is 11.9. The molecule has 0 aromatic heterocycles. The molecule has 0 heterocycles. The van der Waals surface area contributed by atoms with Crippen LogP contribution in [0.5, 0.6) is 0 Å². The predicted molar refractivity (Wildman–Crippen MR) is 60.3 cm³/mol. The van der Waals surface area contributed by atoms with Crippen LogP contribution in [0.25, 0.3) is 0 Å². The van der Waals surface area contributed by atoms with Crippen LogP contribution in [0.3, 0.4) is 0 Å². The van der Waals surface area contributed by atoms with E-state index in [1.54, 1.807) is 0 Å². The molecule has 2 saturated carbocycles. The van der Waals surface area contributed by atoms with E-state index in [2.05, 4.69) is 11.9 Å². The van der Waals surface area contributed by atoms with E-state index in [1.165, 1.54) is 6.42 Å². The zero-order chi connectivity index (χ0) is 11.0. The number of fused-ring (bicyclic) bond motifs is 2. The molecule has 2 aliphatic carbocycles. The lowest BCUT2D eigenvalue weighted by Crippen LogP contribution is -2.45. The second-order valence-corrected chi connectivity index (χ2v) is 5.21. The average Bonchev–Trinajstić information content (AvgIpc) is 2.74. The minimum absolute atomic E-state index is 0.000216. The fourth-order valence-electron chi connectivity index (χ4n) is 3.03. The van der Waals surface area contributed by atoms with E-state index in [0.29, 0.717) is 23.4 Å². The lowest BCUT2D eigenvalue weighted by Gasteiger charge is -2.26. The highest BCUT2D eigenvalue weighted by Crippen LogP contribution is 2.47.